The summed E-state index contributed by atoms with van der Waals surface area (Å²) in [6.45, 7) is 5.60. The second-order valence-corrected chi connectivity index (χ2v) is 5.61. The van der Waals surface area contributed by atoms with Gasteiger partial charge in [0.1, 0.15) is 0 Å². The smallest absolute Gasteiger partial charge is 0.0575 e. The summed E-state index contributed by atoms with van der Waals surface area (Å²) in [6.07, 6.45) is 8.25. The predicted octanol–water partition coefficient (Wildman–Crippen LogP) is 3.93. The monoisotopic (exact) mass is 230 g/mol. The molecule has 0 aromatic carbocycles. The van der Waals surface area contributed by atoms with Crippen LogP contribution in [0.2, 0.25) is 0 Å². The zero-order valence-electron chi connectivity index (χ0n) is 10.2. The van der Waals surface area contributed by atoms with Crippen molar-refractivity contribution in [1.29, 1.82) is 0 Å². The average Bonchev–Trinajstić information content (AvgIpc) is 2.21. The van der Waals surface area contributed by atoms with Gasteiger partial charge in [-0.15, -0.1) is 0 Å². The van der Waals surface area contributed by atoms with Crippen molar-refractivity contribution in [2.24, 2.45) is 11.8 Å². The van der Waals surface area contributed by atoms with E-state index in [1.807, 2.05) is 0 Å². The Labute approximate surface area is 100 Å². The Morgan fingerprint density at radius 3 is 2.47 bits per heavy atom. The third-order valence-corrected chi connectivity index (χ3v) is 3.81. The molecule has 1 nitrogen and oxygen atoms in total. The van der Waals surface area contributed by atoms with Gasteiger partial charge in [0, 0.05) is 6.61 Å². The maximum atomic E-state index is 5.92. The number of ether oxygens (including phenoxy) is 1. The van der Waals surface area contributed by atoms with Crippen LogP contribution in [0, 0.1) is 11.8 Å². The highest BCUT2D eigenvalue weighted by atomic mass is 32.1. The fourth-order valence-corrected chi connectivity index (χ4v) is 2.64. The van der Waals surface area contributed by atoms with Gasteiger partial charge >= 0.3 is 0 Å². The van der Waals surface area contributed by atoms with E-state index in [0.29, 0.717) is 6.10 Å². The highest BCUT2D eigenvalue weighted by molar-refractivity contribution is 7.80. The van der Waals surface area contributed by atoms with E-state index < -0.39 is 0 Å². The van der Waals surface area contributed by atoms with Crippen molar-refractivity contribution in [1.82, 2.24) is 0 Å². The van der Waals surface area contributed by atoms with Crippen molar-refractivity contribution < 1.29 is 4.74 Å². The molecule has 0 radical (unpaired) electrons. The van der Waals surface area contributed by atoms with Crippen molar-refractivity contribution in [3.05, 3.63) is 0 Å². The second-order valence-electron chi connectivity index (χ2n) is 5.16. The Morgan fingerprint density at radius 2 is 1.87 bits per heavy atom. The minimum absolute atomic E-state index is 0.560. The summed E-state index contributed by atoms with van der Waals surface area (Å²) < 4.78 is 5.92. The molecule has 0 heterocycles. The van der Waals surface area contributed by atoms with Gasteiger partial charge in [0.2, 0.25) is 0 Å². The van der Waals surface area contributed by atoms with Crippen LogP contribution in [-0.4, -0.2) is 18.5 Å². The fourth-order valence-electron chi connectivity index (χ4n) is 2.20. The van der Waals surface area contributed by atoms with Gasteiger partial charge in [0.05, 0.1) is 6.10 Å². The summed E-state index contributed by atoms with van der Waals surface area (Å²) in [5.74, 6) is 2.69. The van der Waals surface area contributed by atoms with Gasteiger partial charge in [-0.25, -0.2) is 0 Å². The van der Waals surface area contributed by atoms with E-state index in [2.05, 4.69) is 26.5 Å². The molecule has 90 valence electrons. The lowest BCUT2D eigenvalue weighted by Crippen LogP contribution is -2.21. The molecule has 1 aliphatic carbocycles. The molecule has 1 unspecified atom stereocenters. The highest BCUT2D eigenvalue weighted by Crippen LogP contribution is 2.25. The van der Waals surface area contributed by atoms with E-state index in [-0.39, 0.29) is 0 Å². The normalized spacial score (nSPS) is 29.0. The summed E-state index contributed by atoms with van der Waals surface area (Å²) in [5, 5.41) is 0. The molecule has 0 saturated heterocycles. The minimum atomic E-state index is 0.560. The molecule has 0 spiro atoms. The van der Waals surface area contributed by atoms with Gasteiger partial charge in [0.15, 0.2) is 0 Å². The Bertz CT molecular complexity index is 153. The molecule has 1 rings (SSSR count). The molecule has 2 heteroatoms. The molecular weight excluding hydrogens is 204 g/mol. The zero-order valence-corrected chi connectivity index (χ0v) is 11.1. The largest absolute Gasteiger partial charge is 0.378 e. The Hall–Kier alpha value is 0.310. The number of thiol groups is 1. The van der Waals surface area contributed by atoms with Crippen LogP contribution in [0.1, 0.15) is 52.4 Å². The van der Waals surface area contributed by atoms with Crippen LogP contribution in [-0.2, 0) is 4.74 Å². The first kappa shape index (κ1) is 13.4. The van der Waals surface area contributed by atoms with Gasteiger partial charge < -0.3 is 4.74 Å². The molecule has 15 heavy (non-hydrogen) atoms. The third kappa shape index (κ3) is 5.82. The summed E-state index contributed by atoms with van der Waals surface area (Å²) in [4.78, 5) is 0. The summed E-state index contributed by atoms with van der Waals surface area (Å²) >= 11 is 4.25. The summed E-state index contributed by atoms with van der Waals surface area (Å²) in [7, 11) is 0. The first-order chi connectivity index (χ1) is 7.22. The zero-order chi connectivity index (χ0) is 11.1. The average molecular weight is 230 g/mol. The molecule has 1 fully saturated rings. The van der Waals surface area contributed by atoms with Gasteiger partial charge in [-0.2, -0.15) is 12.6 Å². The SMILES string of the molecule is CC(CCS)CCOC1CCC(C)CC1. The van der Waals surface area contributed by atoms with Crippen molar-refractivity contribution >= 4 is 12.6 Å². The molecule has 1 saturated carbocycles. The minimum Gasteiger partial charge on any atom is -0.378 e. The van der Waals surface area contributed by atoms with E-state index in [9.17, 15) is 0 Å². The van der Waals surface area contributed by atoms with Gasteiger partial charge in [-0.3, -0.25) is 0 Å². The van der Waals surface area contributed by atoms with E-state index in [0.717, 1.165) is 24.2 Å². The van der Waals surface area contributed by atoms with E-state index in [4.69, 9.17) is 4.74 Å². The van der Waals surface area contributed by atoms with Crippen molar-refractivity contribution in [3.63, 3.8) is 0 Å². The Kier molecular flexibility index (Phi) is 6.74. The molecule has 0 bridgehead atoms. The second kappa shape index (κ2) is 7.56. The Balaban J connectivity index is 2.00. The maximum Gasteiger partial charge on any atom is 0.0575 e. The van der Waals surface area contributed by atoms with E-state index in [1.54, 1.807) is 0 Å². The lowest BCUT2D eigenvalue weighted by atomic mass is 9.89. The number of hydrogen-bond donors (Lipinski definition) is 1. The Morgan fingerprint density at radius 1 is 1.20 bits per heavy atom. The van der Waals surface area contributed by atoms with Gasteiger partial charge in [0.25, 0.3) is 0 Å². The lowest BCUT2D eigenvalue weighted by molar-refractivity contribution is 0.0139. The standard InChI is InChI=1S/C13H26OS/c1-11-3-5-13(6-4-11)14-9-7-12(2)8-10-15/h11-13,15H,3-10H2,1-2H3. The highest BCUT2D eigenvalue weighted by Gasteiger charge is 2.18. The van der Waals surface area contributed by atoms with Crippen LogP contribution in [0.15, 0.2) is 0 Å². The first-order valence-corrected chi connectivity index (χ1v) is 7.08. The van der Waals surface area contributed by atoms with Crippen LogP contribution < -0.4 is 0 Å². The molecule has 1 aliphatic rings. The molecule has 1 atom stereocenters. The first-order valence-electron chi connectivity index (χ1n) is 6.44. The number of rotatable bonds is 6. The summed E-state index contributed by atoms with van der Waals surface area (Å²) in [5.41, 5.74) is 0. The molecular formula is C13H26OS. The van der Waals surface area contributed by atoms with E-state index in [1.165, 1.54) is 38.5 Å². The molecule has 0 aromatic rings. The molecule has 0 N–H and O–H groups in total. The summed E-state index contributed by atoms with van der Waals surface area (Å²) in [6, 6.07) is 0. The predicted molar refractivity (Wildman–Crippen MR) is 69.6 cm³/mol. The van der Waals surface area contributed by atoms with Gasteiger partial charge in [-0.05, 0) is 56.1 Å². The molecule has 0 aliphatic heterocycles. The van der Waals surface area contributed by atoms with Gasteiger partial charge in [-0.1, -0.05) is 13.8 Å². The third-order valence-electron chi connectivity index (χ3n) is 3.55. The van der Waals surface area contributed by atoms with E-state index >= 15 is 0 Å². The van der Waals surface area contributed by atoms with Crippen LogP contribution >= 0.6 is 12.6 Å². The van der Waals surface area contributed by atoms with Crippen molar-refractivity contribution in [2.75, 3.05) is 12.4 Å². The lowest BCUT2D eigenvalue weighted by Gasteiger charge is -2.26. The van der Waals surface area contributed by atoms with Crippen LogP contribution in [0.4, 0.5) is 0 Å². The topological polar surface area (TPSA) is 9.23 Å². The van der Waals surface area contributed by atoms with Crippen LogP contribution in [0.25, 0.3) is 0 Å². The number of hydrogen-bond acceptors (Lipinski definition) is 2. The van der Waals surface area contributed by atoms with Crippen LogP contribution in [0.3, 0.4) is 0 Å². The van der Waals surface area contributed by atoms with Crippen molar-refractivity contribution in [3.8, 4) is 0 Å². The molecule has 0 amide bonds. The quantitative estimate of drug-likeness (QED) is 0.680. The maximum absolute atomic E-state index is 5.92. The van der Waals surface area contributed by atoms with Crippen LogP contribution in [0.5, 0.6) is 0 Å². The van der Waals surface area contributed by atoms with Crippen molar-refractivity contribution in [2.45, 2.75) is 58.5 Å². The fraction of sp³-hybridized carbons (Fsp3) is 1.00. The molecule has 0 aromatic heterocycles.